The van der Waals surface area contributed by atoms with E-state index in [2.05, 4.69) is 12.2 Å². The molecular formula is C8H13NS. The van der Waals surface area contributed by atoms with Crippen LogP contribution in [0.5, 0.6) is 0 Å². The van der Waals surface area contributed by atoms with Gasteiger partial charge in [-0.05, 0) is 32.6 Å². The van der Waals surface area contributed by atoms with Crippen molar-refractivity contribution in [2.45, 2.75) is 38.0 Å². The second-order valence-electron chi connectivity index (χ2n) is 3.01. The maximum atomic E-state index is 3.50. The molecule has 0 radical (unpaired) electrons. The Morgan fingerprint density at radius 2 is 2.20 bits per heavy atom. The fourth-order valence-electron chi connectivity index (χ4n) is 1.65. The second-order valence-corrected chi connectivity index (χ2v) is 4.45. The van der Waals surface area contributed by atoms with E-state index in [-0.39, 0.29) is 0 Å². The monoisotopic (exact) mass is 155 g/mol. The molecule has 0 saturated heterocycles. The van der Waals surface area contributed by atoms with Gasteiger partial charge in [-0.15, -0.1) is 11.8 Å². The van der Waals surface area contributed by atoms with E-state index in [1.54, 1.807) is 10.6 Å². The van der Waals surface area contributed by atoms with Crippen molar-refractivity contribution >= 4 is 11.8 Å². The van der Waals surface area contributed by atoms with Gasteiger partial charge in [0.15, 0.2) is 0 Å². The summed E-state index contributed by atoms with van der Waals surface area (Å²) in [5.41, 5.74) is 1.55. The lowest BCUT2D eigenvalue weighted by Gasteiger charge is -2.11. The van der Waals surface area contributed by atoms with E-state index in [0.29, 0.717) is 5.37 Å². The molecular weight excluding hydrogens is 142 g/mol. The molecule has 0 aromatic heterocycles. The number of thioether (sulfide) groups is 1. The van der Waals surface area contributed by atoms with Crippen molar-refractivity contribution in [2.24, 2.45) is 0 Å². The Labute approximate surface area is 66.3 Å². The summed E-state index contributed by atoms with van der Waals surface area (Å²) in [5.74, 6) is 0. The highest BCUT2D eigenvalue weighted by atomic mass is 32.2. The van der Waals surface area contributed by atoms with E-state index < -0.39 is 0 Å². The van der Waals surface area contributed by atoms with Crippen LogP contribution < -0.4 is 5.32 Å². The predicted octanol–water partition coefficient (Wildman–Crippen LogP) is 2.45. The van der Waals surface area contributed by atoms with E-state index in [1.807, 2.05) is 11.8 Å². The number of allylic oxidation sites excluding steroid dienone is 2. The molecule has 1 heterocycles. The molecule has 1 aliphatic carbocycles. The predicted molar refractivity (Wildman–Crippen MR) is 45.7 cm³/mol. The van der Waals surface area contributed by atoms with Crippen LogP contribution >= 0.6 is 11.8 Å². The average Bonchev–Trinajstić information content (AvgIpc) is 2.27. The van der Waals surface area contributed by atoms with Gasteiger partial charge >= 0.3 is 0 Å². The summed E-state index contributed by atoms with van der Waals surface area (Å²) >= 11 is 2.02. The fraction of sp³-hybridized carbons (Fsp3) is 0.750. The van der Waals surface area contributed by atoms with Crippen molar-refractivity contribution in [3.8, 4) is 0 Å². The Kier molecular flexibility index (Phi) is 1.65. The van der Waals surface area contributed by atoms with Gasteiger partial charge in [0, 0.05) is 10.6 Å². The summed E-state index contributed by atoms with van der Waals surface area (Å²) in [6, 6.07) is 0. The molecule has 0 fully saturated rings. The molecule has 10 heavy (non-hydrogen) atoms. The normalized spacial score (nSPS) is 31.9. The molecule has 2 heteroatoms. The lowest BCUT2D eigenvalue weighted by molar-refractivity contribution is 0.647. The van der Waals surface area contributed by atoms with Crippen molar-refractivity contribution < 1.29 is 0 Å². The van der Waals surface area contributed by atoms with Crippen LogP contribution in [0.25, 0.3) is 0 Å². The SMILES string of the molecule is CC1NC2=C(CCCC2)S1. The summed E-state index contributed by atoms with van der Waals surface area (Å²) < 4.78 is 0. The highest BCUT2D eigenvalue weighted by molar-refractivity contribution is 8.03. The number of nitrogens with one attached hydrogen (secondary N) is 1. The minimum absolute atomic E-state index is 0.642. The lowest BCUT2D eigenvalue weighted by atomic mass is 10.0. The van der Waals surface area contributed by atoms with Gasteiger partial charge in [0.25, 0.3) is 0 Å². The third kappa shape index (κ3) is 1.05. The molecule has 1 nitrogen and oxygen atoms in total. The second kappa shape index (κ2) is 2.50. The molecule has 2 aliphatic rings. The lowest BCUT2D eigenvalue weighted by Crippen LogP contribution is -2.16. The summed E-state index contributed by atoms with van der Waals surface area (Å²) in [7, 11) is 0. The van der Waals surface area contributed by atoms with Gasteiger partial charge < -0.3 is 5.32 Å². The minimum atomic E-state index is 0.642. The first kappa shape index (κ1) is 6.59. The first-order chi connectivity index (χ1) is 4.86. The van der Waals surface area contributed by atoms with Gasteiger partial charge in [0.2, 0.25) is 0 Å². The highest BCUT2D eigenvalue weighted by Gasteiger charge is 2.22. The zero-order chi connectivity index (χ0) is 6.97. The van der Waals surface area contributed by atoms with Crippen LogP contribution in [0.2, 0.25) is 0 Å². The van der Waals surface area contributed by atoms with E-state index >= 15 is 0 Å². The number of hydrogen-bond acceptors (Lipinski definition) is 2. The van der Waals surface area contributed by atoms with Crippen LogP contribution in [0.3, 0.4) is 0 Å². The quantitative estimate of drug-likeness (QED) is 0.576. The standard InChI is InChI=1S/C8H13NS/c1-6-9-7-4-2-3-5-8(7)10-6/h6,9H,2-5H2,1H3. The van der Waals surface area contributed by atoms with Crippen molar-refractivity contribution in [1.29, 1.82) is 0 Å². The molecule has 2 rings (SSSR count). The van der Waals surface area contributed by atoms with Gasteiger partial charge in [0.05, 0.1) is 5.37 Å². The summed E-state index contributed by atoms with van der Waals surface area (Å²) in [5, 5.41) is 4.14. The van der Waals surface area contributed by atoms with Crippen molar-refractivity contribution in [1.82, 2.24) is 5.32 Å². The topological polar surface area (TPSA) is 12.0 Å². The third-order valence-corrected chi connectivity index (χ3v) is 3.32. The number of rotatable bonds is 0. The maximum Gasteiger partial charge on any atom is 0.0735 e. The fourth-order valence-corrected chi connectivity index (χ4v) is 2.84. The Hall–Kier alpha value is -0.110. The third-order valence-electron chi connectivity index (χ3n) is 2.11. The van der Waals surface area contributed by atoms with Gasteiger partial charge in [-0.1, -0.05) is 0 Å². The molecule has 56 valence electrons. The zero-order valence-electron chi connectivity index (χ0n) is 6.31. The van der Waals surface area contributed by atoms with Gasteiger partial charge in [-0.2, -0.15) is 0 Å². The molecule has 0 aromatic rings. The molecule has 1 aliphatic heterocycles. The molecule has 0 aromatic carbocycles. The Balaban J connectivity index is 2.13. The Morgan fingerprint density at radius 3 is 3.00 bits per heavy atom. The molecule has 1 N–H and O–H groups in total. The van der Waals surface area contributed by atoms with Crippen LogP contribution in [0.15, 0.2) is 10.6 Å². The first-order valence-corrected chi connectivity index (χ1v) is 4.89. The van der Waals surface area contributed by atoms with Crippen LogP contribution in [0.4, 0.5) is 0 Å². The van der Waals surface area contributed by atoms with Crippen LogP contribution in [0.1, 0.15) is 32.6 Å². The minimum Gasteiger partial charge on any atom is -0.376 e. The average molecular weight is 155 g/mol. The summed E-state index contributed by atoms with van der Waals surface area (Å²) in [6.07, 6.45) is 5.42. The van der Waals surface area contributed by atoms with E-state index in [1.165, 1.54) is 25.7 Å². The van der Waals surface area contributed by atoms with Crippen molar-refractivity contribution in [2.75, 3.05) is 0 Å². The first-order valence-electron chi connectivity index (χ1n) is 4.01. The van der Waals surface area contributed by atoms with E-state index in [0.717, 1.165) is 0 Å². The smallest absolute Gasteiger partial charge is 0.0735 e. The van der Waals surface area contributed by atoms with Crippen LogP contribution in [0, 0.1) is 0 Å². The van der Waals surface area contributed by atoms with Gasteiger partial charge in [-0.25, -0.2) is 0 Å². The van der Waals surface area contributed by atoms with E-state index in [4.69, 9.17) is 0 Å². The number of hydrogen-bond donors (Lipinski definition) is 1. The largest absolute Gasteiger partial charge is 0.376 e. The maximum absolute atomic E-state index is 3.50. The van der Waals surface area contributed by atoms with Gasteiger partial charge in [-0.3, -0.25) is 0 Å². The Morgan fingerprint density at radius 1 is 1.40 bits per heavy atom. The molecule has 1 unspecified atom stereocenters. The van der Waals surface area contributed by atoms with Crippen LogP contribution in [-0.2, 0) is 0 Å². The highest BCUT2D eigenvalue weighted by Crippen LogP contribution is 2.38. The van der Waals surface area contributed by atoms with Crippen molar-refractivity contribution in [3.63, 3.8) is 0 Å². The molecule has 0 amide bonds. The molecule has 1 atom stereocenters. The summed E-state index contributed by atoms with van der Waals surface area (Å²) in [4.78, 5) is 1.64. The van der Waals surface area contributed by atoms with Crippen LogP contribution in [-0.4, -0.2) is 5.37 Å². The molecule has 0 saturated carbocycles. The molecule has 0 spiro atoms. The van der Waals surface area contributed by atoms with Crippen molar-refractivity contribution in [3.05, 3.63) is 10.6 Å². The Bertz CT molecular complexity index is 156. The zero-order valence-corrected chi connectivity index (χ0v) is 7.13. The molecule has 0 bridgehead atoms. The van der Waals surface area contributed by atoms with E-state index in [9.17, 15) is 0 Å². The summed E-state index contributed by atoms with van der Waals surface area (Å²) in [6.45, 7) is 2.24. The van der Waals surface area contributed by atoms with Gasteiger partial charge in [0.1, 0.15) is 0 Å².